The number of likely N-dealkylation sites (N-methyl/N-ethyl adjacent to an activating group) is 1. The van der Waals surface area contributed by atoms with E-state index in [9.17, 15) is 4.79 Å². The normalized spacial score (nSPS) is 12.4. The molecule has 0 radical (unpaired) electrons. The van der Waals surface area contributed by atoms with E-state index >= 15 is 0 Å². The summed E-state index contributed by atoms with van der Waals surface area (Å²) in [5.41, 5.74) is 0. The van der Waals surface area contributed by atoms with Crippen LogP contribution in [0.3, 0.4) is 0 Å². The first-order valence-corrected chi connectivity index (χ1v) is 6.92. The molecule has 1 amide bonds. The minimum absolute atomic E-state index is 0.0185. The van der Waals surface area contributed by atoms with Crippen LogP contribution in [0.2, 0.25) is 0 Å². The van der Waals surface area contributed by atoms with Gasteiger partial charge in [-0.3, -0.25) is 4.79 Å². The molecule has 18 heavy (non-hydrogen) atoms. The number of nitrogens with zero attached hydrogens (tertiary/aromatic N) is 4. The number of carbonyl (C=O) groups is 1. The predicted octanol–water partition coefficient (Wildman–Crippen LogP) is -0.101. The zero-order valence-electron chi connectivity index (χ0n) is 11.0. The molecule has 0 bridgehead atoms. The van der Waals surface area contributed by atoms with Crippen molar-refractivity contribution in [2.45, 2.75) is 37.2 Å². The fourth-order valence-corrected chi connectivity index (χ4v) is 2.08. The van der Waals surface area contributed by atoms with Gasteiger partial charge in [0, 0.05) is 13.1 Å². The van der Waals surface area contributed by atoms with Gasteiger partial charge in [-0.1, -0.05) is 18.7 Å². The maximum atomic E-state index is 11.7. The molecule has 0 aromatic carbocycles. The van der Waals surface area contributed by atoms with Crippen molar-refractivity contribution < 1.29 is 4.79 Å². The number of amides is 1. The number of nitrogens with one attached hydrogen (secondary N) is 2. The van der Waals surface area contributed by atoms with Gasteiger partial charge in [0.15, 0.2) is 0 Å². The number of rotatable bonds is 8. The van der Waals surface area contributed by atoms with Crippen molar-refractivity contribution in [3.8, 4) is 0 Å². The monoisotopic (exact) mass is 272 g/mol. The molecule has 1 heterocycles. The Kier molecular flexibility index (Phi) is 6.66. The number of carbonyl (C=O) groups excluding carboxylic acids is 1. The van der Waals surface area contributed by atoms with Crippen LogP contribution in [0.25, 0.3) is 0 Å². The summed E-state index contributed by atoms with van der Waals surface area (Å²) < 4.78 is 1.70. The first-order chi connectivity index (χ1) is 8.69. The van der Waals surface area contributed by atoms with E-state index in [0.717, 1.165) is 13.0 Å². The molecule has 0 spiro atoms. The van der Waals surface area contributed by atoms with Crippen molar-refractivity contribution >= 4 is 17.7 Å². The van der Waals surface area contributed by atoms with E-state index in [1.54, 1.807) is 4.68 Å². The summed E-state index contributed by atoms with van der Waals surface area (Å²) in [6, 6.07) is 0. The second-order valence-corrected chi connectivity index (χ2v) is 5.15. The quantitative estimate of drug-likeness (QED) is 0.643. The molecule has 0 aliphatic heterocycles. The summed E-state index contributed by atoms with van der Waals surface area (Å²) in [5, 5.41) is 17.8. The van der Waals surface area contributed by atoms with Crippen LogP contribution in [0.15, 0.2) is 5.16 Å². The Labute approximate surface area is 111 Å². The van der Waals surface area contributed by atoms with Gasteiger partial charge in [-0.05, 0) is 30.8 Å². The minimum Gasteiger partial charge on any atom is -0.355 e. The second-order valence-electron chi connectivity index (χ2n) is 3.84. The van der Waals surface area contributed by atoms with Crippen LogP contribution >= 0.6 is 11.8 Å². The molecule has 1 rings (SSSR count). The summed E-state index contributed by atoms with van der Waals surface area (Å²) in [4.78, 5) is 11.7. The van der Waals surface area contributed by atoms with Crippen LogP contribution in [0.4, 0.5) is 0 Å². The van der Waals surface area contributed by atoms with Crippen LogP contribution in [0, 0.1) is 0 Å². The number of tetrazole rings is 1. The highest BCUT2D eigenvalue weighted by molar-refractivity contribution is 8.00. The van der Waals surface area contributed by atoms with Crippen molar-refractivity contribution in [1.82, 2.24) is 30.8 Å². The Balaban J connectivity index is 2.50. The van der Waals surface area contributed by atoms with E-state index in [1.807, 2.05) is 20.9 Å². The van der Waals surface area contributed by atoms with Crippen molar-refractivity contribution in [3.05, 3.63) is 0 Å². The van der Waals surface area contributed by atoms with Gasteiger partial charge in [-0.25, -0.2) is 4.68 Å². The van der Waals surface area contributed by atoms with E-state index in [4.69, 9.17) is 0 Å². The van der Waals surface area contributed by atoms with Gasteiger partial charge < -0.3 is 10.6 Å². The van der Waals surface area contributed by atoms with Crippen molar-refractivity contribution in [1.29, 1.82) is 0 Å². The van der Waals surface area contributed by atoms with Gasteiger partial charge in [-0.2, -0.15) is 0 Å². The maximum Gasteiger partial charge on any atom is 0.233 e. The topological polar surface area (TPSA) is 84.7 Å². The minimum atomic E-state index is -0.198. The first-order valence-electron chi connectivity index (χ1n) is 6.04. The fourth-order valence-electron chi connectivity index (χ4n) is 1.24. The standard InChI is InChI=1S/C10H20N6OS/c1-4-5-12-9(17)8(2)18-10-13-14-15-16(10)7-6-11-3/h8,11H,4-7H2,1-3H3,(H,12,17). The molecule has 102 valence electrons. The third-order valence-corrected chi connectivity index (χ3v) is 3.34. The van der Waals surface area contributed by atoms with Crippen molar-refractivity contribution in [2.75, 3.05) is 20.1 Å². The lowest BCUT2D eigenvalue weighted by atomic mass is 10.4. The van der Waals surface area contributed by atoms with Crippen molar-refractivity contribution in [3.63, 3.8) is 0 Å². The van der Waals surface area contributed by atoms with Crippen LogP contribution in [-0.4, -0.2) is 51.5 Å². The van der Waals surface area contributed by atoms with E-state index in [2.05, 4.69) is 26.2 Å². The van der Waals surface area contributed by atoms with Gasteiger partial charge in [-0.15, -0.1) is 5.10 Å². The molecule has 1 aromatic heterocycles. The SMILES string of the molecule is CCCNC(=O)C(C)Sc1nnnn1CCNC. The number of thioether (sulfide) groups is 1. The summed E-state index contributed by atoms with van der Waals surface area (Å²) >= 11 is 1.37. The smallest absolute Gasteiger partial charge is 0.233 e. The fraction of sp³-hybridized carbons (Fsp3) is 0.800. The summed E-state index contributed by atoms with van der Waals surface area (Å²) in [6.07, 6.45) is 0.934. The zero-order valence-corrected chi connectivity index (χ0v) is 11.8. The largest absolute Gasteiger partial charge is 0.355 e. The molecule has 1 aromatic rings. The van der Waals surface area contributed by atoms with Crippen LogP contribution in [0.5, 0.6) is 0 Å². The average Bonchev–Trinajstić information content (AvgIpc) is 2.80. The molecule has 7 nitrogen and oxygen atoms in total. The molecule has 1 unspecified atom stereocenters. The van der Waals surface area contributed by atoms with Gasteiger partial charge >= 0.3 is 0 Å². The molecule has 0 aliphatic rings. The summed E-state index contributed by atoms with van der Waals surface area (Å²) in [6.45, 7) is 6.06. The Morgan fingerprint density at radius 3 is 2.94 bits per heavy atom. The van der Waals surface area contributed by atoms with Crippen LogP contribution in [0.1, 0.15) is 20.3 Å². The van der Waals surface area contributed by atoms with Gasteiger partial charge in [0.05, 0.1) is 11.8 Å². The zero-order chi connectivity index (χ0) is 13.4. The molecule has 0 saturated carbocycles. The Bertz CT molecular complexity index is 369. The van der Waals surface area contributed by atoms with Gasteiger partial charge in [0.25, 0.3) is 0 Å². The van der Waals surface area contributed by atoms with Gasteiger partial charge in [0.2, 0.25) is 11.1 Å². The summed E-state index contributed by atoms with van der Waals surface area (Å²) in [7, 11) is 1.87. The molecular formula is C10H20N6OS. The van der Waals surface area contributed by atoms with E-state index in [1.165, 1.54) is 11.8 Å². The molecule has 2 N–H and O–H groups in total. The second kappa shape index (κ2) is 8.04. The molecule has 0 saturated heterocycles. The van der Waals surface area contributed by atoms with E-state index in [0.29, 0.717) is 18.2 Å². The third kappa shape index (κ3) is 4.61. The predicted molar refractivity (Wildman–Crippen MR) is 70.4 cm³/mol. The molecular weight excluding hydrogens is 252 g/mol. The molecule has 8 heteroatoms. The number of hydrogen-bond donors (Lipinski definition) is 2. The molecule has 0 fully saturated rings. The third-order valence-electron chi connectivity index (χ3n) is 2.27. The highest BCUT2D eigenvalue weighted by Crippen LogP contribution is 2.19. The Morgan fingerprint density at radius 1 is 1.50 bits per heavy atom. The lowest BCUT2D eigenvalue weighted by molar-refractivity contribution is -0.120. The highest BCUT2D eigenvalue weighted by atomic mass is 32.2. The van der Waals surface area contributed by atoms with E-state index in [-0.39, 0.29) is 11.2 Å². The van der Waals surface area contributed by atoms with Crippen LogP contribution < -0.4 is 10.6 Å². The van der Waals surface area contributed by atoms with Gasteiger partial charge in [0.1, 0.15) is 0 Å². The average molecular weight is 272 g/mol. The Morgan fingerprint density at radius 2 is 2.28 bits per heavy atom. The Hall–Kier alpha value is -1.15. The number of hydrogen-bond acceptors (Lipinski definition) is 6. The summed E-state index contributed by atoms with van der Waals surface area (Å²) in [5.74, 6) is 0.0185. The first kappa shape index (κ1) is 14.9. The van der Waals surface area contributed by atoms with Crippen LogP contribution in [-0.2, 0) is 11.3 Å². The maximum absolute atomic E-state index is 11.7. The van der Waals surface area contributed by atoms with E-state index < -0.39 is 0 Å². The molecule has 0 aliphatic carbocycles. The lowest BCUT2D eigenvalue weighted by Gasteiger charge is -2.10. The highest BCUT2D eigenvalue weighted by Gasteiger charge is 2.17. The lowest BCUT2D eigenvalue weighted by Crippen LogP contribution is -2.31. The van der Waals surface area contributed by atoms with Crippen molar-refractivity contribution in [2.24, 2.45) is 0 Å². The number of aromatic nitrogens is 4. The molecule has 1 atom stereocenters.